The average Bonchev–Trinajstić information content (AvgIpc) is 3.44. The minimum Gasteiger partial charge on any atom is -0.383 e. The summed E-state index contributed by atoms with van der Waals surface area (Å²) in [6, 6.07) is 0. The van der Waals surface area contributed by atoms with Crippen LogP contribution in [0.15, 0.2) is 31.7 Å². The number of anilines is 4. The number of hydrogen-bond acceptors (Lipinski definition) is 14. The number of aromatic amines is 3. The summed E-state index contributed by atoms with van der Waals surface area (Å²) >= 11 is 0. The molecule has 0 bridgehead atoms. The smallest absolute Gasteiger partial charge is 0.351 e. The predicted molar refractivity (Wildman–Crippen MR) is 151 cm³/mol. The van der Waals surface area contributed by atoms with Crippen LogP contribution in [0.1, 0.15) is 5.69 Å². The van der Waals surface area contributed by atoms with Crippen molar-refractivity contribution in [2.75, 3.05) is 49.3 Å². The van der Waals surface area contributed by atoms with E-state index in [-0.39, 0.29) is 71.8 Å². The highest BCUT2D eigenvalue weighted by molar-refractivity contribution is 5.85. The van der Waals surface area contributed by atoms with Gasteiger partial charge in [0.1, 0.15) is 22.4 Å². The number of H-pyrrole nitrogens is 3. The van der Waals surface area contributed by atoms with E-state index in [1.165, 1.54) is 15.5 Å². The third kappa shape index (κ3) is 5.20. The zero-order valence-corrected chi connectivity index (χ0v) is 22.1. The summed E-state index contributed by atoms with van der Waals surface area (Å²) in [7, 11) is 3.15. The van der Waals surface area contributed by atoms with Gasteiger partial charge in [-0.25, -0.2) is 14.6 Å². The fraction of sp³-hybridized carbons (Fsp3) is 0.318. The standard InChI is InChI=1S/C22H27N15O4/c1-25-19-31-15-11(17(38)33-19)13(23)29-21(40)36(15)5-3-35(8-10-7-27-9-28-10)4-6-37-16-12(14(24)30-22(37)41)18(39)34-20(26-2)32-16/h7,9H,3-6,8H2,1-2H3,(H,27,28)(H2,23,29,40)(H2,24,30,41)(H2,25,31,33,38)(H2,26,32,34,39). The maximum absolute atomic E-state index is 12.8. The maximum Gasteiger partial charge on any atom is 0.351 e. The van der Waals surface area contributed by atoms with Crippen molar-refractivity contribution in [3.05, 3.63) is 59.9 Å². The summed E-state index contributed by atoms with van der Waals surface area (Å²) < 4.78 is 2.52. The van der Waals surface area contributed by atoms with Gasteiger partial charge in [0.15, 0.2) is 11.3 Å². The quantitative estimate of drug-likeness (QED) is 0.0918. The molecule has 0 atom stereocenters. The van der Waals surface area contributed by atoms with Gasteiger partial charge < -0.3 is 27.1 Å². The molecule has 19 nitrogen and oxygen atoms in total. The first-order valence-electron chi connectivity index (χ1n) is 12.4. The molecular weight excluding hydrogens is 538 g/mol. The zero-order chi connectivity index (χ0) is 29.3. The van der Waals surface area contributed by atoms with Crippen LogP contribution in [-0.2, 0) is 19.6 Å². The van der Waals surface area contributed by atoms with Crippen LogP contribution >= 0.6 is 0 Å². The minimum atomic E-state index is -0.676. The first-order chi connectivity index (χ1) is 19.7. The van der Waals surface area contributed by atoms with Gasteiger partial charge >= 0.3 is 11.4 Å². The van der Waals surface area contributed by atoms with Gasteiger partial charge in [0.05, 0.1) is 6.33 Å². The number of hydrogen-bond donors (Lipinski definition) is 7. The van der Waals surface area contributed by atoms with Gasteiger partial charge in [-0.2, -0.15) is 19.9 Å². The highest BCUT2D eigenvalue weighted by Crippen LogP contribution is 2.14. The van der Waals surface area contributed by atoms with E-state index < -0.39 is 22.5 Å². The third-order valence-electron chi connectivity index (χ3n) is 6.42. The molecule has 0 saturated heterocycles. The van der Waals surface area contributed by atoms with Gasteiger partial charge in [-0.05, 0) is 0 Å². The van der Waals surface area contributed by atoms with E-state index in [1.54, 1.807) is 20.3 Å². The highest BCUT2D eigenvalue weighted by atomic mass is 16.2. The summed E-state index contributed by atoms with van der Waals surface area (Å²) in [6.07, 6.45) is 3.18. The van der Waals surface area contributed by atoms with Crippen molar-refractivity contribution >= 4 is 45.6 Å². The van der Waals surface area contributed by atoms with E-state index in [0.29, 0.717) is 6.54 Å². The Morgan fingerprint density at radius 3 is 1.71 bits per heavy atom. The van der Waals surface area contributed by atoms with Crippen molar-refractivity contribution in [2.24, 2.45) is 0 Å². The molecule has 0 radical (unpaired) electrons. The van der Waals surface area contributed by atoms with E-state index in [4.69, 9.17) is 11.5 Å². The summed E-state index contributed by atoms with van der Waals surface area (Å²) in [5.74, 6) is -0.141. The van der Waals surface area contributed by atoms with E-state index in [1.807, 2.05) is 4.90 Å². The lowest BCUT2D eigenvalue weighted by Crippen LogP contribution is -2.37. The van der Waals surface area contributed by atoms with Gasteiger partial charge in [0, 0.05) is 58.7 Å². The van der Waals surface area contributed by atoms with Crippen molar-refractivity contribution in [2.45, 2.75) is 19.6 Å². The Morgan fingerprint density at radius 1 is 0.805 bits per heavy atom. The molecule has 0 aliphatic heterocycles. The number of nitrogens with one attached hydrogen (secondary N) is 5. The minimum absolute atomic E-state index is 0.00803. The second-order valence-corrected chi connectivity index (χ2v) is 8.94. The molecule has 0 unspecified atom stereocenters. The Bertz CT molecular complexity index is 1850. The average molecular weight is 566 g/mol. The summed E-state index contributed by atoms with van der Waals surface area (Å²) in [6.45, 7) is 1.03. The van der Waals surface area contributed by atoms with Gasteiger partial charge in [-0.1, -0.05) is 0 Å². The number of aromatic nitrogens is 10. The fourth-order valence-electron chi connectivity index (χ4n) is 4.40. The predicted octanol–water partition coefficient (Wildman–Crippen LogP) is -2.55. The van der Waals surface area contributed by atoms with Crippen molar-refractivity contribution in [1.82, 2.24) is 53.9 Å². The second kappa shape index (κ2) is 10.9. The molecule has 19 heteroatoms. The molecule has 9 N–H and O–H groups in total. The first kappa shape index (κ1) is 27.0. The molecule has 0 aromatic carbocycles. The molecule has 0 fully saturated rings. The molecule has 5 heterocycles. The van der Waals surface area contributed by atoms with E-state index in [0.717, 1.165) is 5.69 Å². The van der Waals surface area contributed by atoms with Crippen molar-refractivity contribution in [3.63, 3.8) is 0 Å². The number of fused-ring (bicyclic) bond motifs is 2. The van der Waals surface area contributed by atoms with Crippen LogP contribution in [0, 0.1) is 0 Å². The second-order valence-electron chi connectivity index (χ2n) is 8.94. The van der Waals surface area contributed by atoms with Crippen molar-refractivity contribution in [1.29, 1.82) is 0 Å². The molecule has 5 aromatic rings. The summed E-state index contributed by atoms with van der Waals surface area (Å²) in [5.41, 5.74) is 10.2. The zero-order valence-electron chi connectivity index (χ0n) is 22.1. The van der Waals surface area contributed by atoms with Gasteiger partial charge in [-0.15, -0.1) is 0 Å². The maximum atomic E-state index is 12.8. The lowest BCUT2D eigenvalue weighted by Gasteiger charge is -2.23. The number of rotatable bonds is 10. The van der Waals surface area contributed by atoms with E-state index in [2.05, 4.69) is 50.5 Å². The lowest BCUT2D eigenvalue weighted by atomic mass is 10.3. The monoisotopic (exact) mass is 565 g/mol. The molecule has 0 amide bonds. The van der Waals surface area contributed by atoms with Gasteiger partial charge in [0.2, 0.25) is 11.9 Å². The van der Waals surface area contributed by atoms with Crippen molar-refractivity contribution in [3.8, 4) is 0 Å². The van der Waals surface area contributed by atoms with E-state index >= 15 is 0 Å². The lowest BCUT2D eigenvalue weighted by molar-refractivity contribution is 0.241. The first-order valence-corrected chi connectivity index (χ1v) is 12.4. The summed E-state index contributed by atoms with van der Waals surface area (Å²) in [5, 5.41) is 5.48. The molecule has 214 valence electrons. The number of nitrogens with two attached hydrogens (primary N) is 2. The Kier molecular flexibility index (Phi) is 7.17. The Morgan fingerprint density at radius 2 is 1.29 bits per heavy atom. The van der Waals surface area contributed by atoms with Crippen LogP contribution in [0.4, 0.5) is 23.5 Å². The van der Waals surface area contributed by atoms with Crippen LogP contribution in [0.5, 0.6) is 0 Å². The van der Waals surface area contributed by atoms with E-state index in [9.17, 15) is 19.2 Å². The number of imidazole rings is 1. The molecule has 0 spiro atoms. The SMILES string of the molecule is CNc1nc2c(c(N)nc(=O)n2CCN(CCn2c(=O)nc(N)c3c(=O)[nH]c(NC)nc32)Cc2cnc[nH]2)c(=O)[nH]1. The largest absolute Gasteiger partial charge is 0.383 e. The molecule has 0 aliphatic carbocycles. The Hall–Kier alpha value is -5.59. The summed E-state index contributed by atoms with van der Waals surface area (Å²) in [4.78, 5) is 81.2. The topological polar surface area (TPSA) is 269 Å². The van der Waals surface area contributed by atoms with Gasteiger partial charge in [-0.3, -0.25) is 33.6 Å². The van der Waals surface area contributed by atoms with Crippen molar-refractivity contribution < 1.29 is 0 Å². The third-order valence-corrected chi connectivity index (χ3v) is 6.42. The Labute approximate surface area is 228 Å². The number of nitrogens with zero attached hydrogens (tertiary/aromatic N) is 8. The molecule has 41 heavy (non-hydrogen) atoms. The van der Waals surface area contributed by atoms with Crippen LogP contribution < -0.4 is 44.6 Å². The highest BCUT2D eigenvalue weighted by Gasteiger charge is 2.18. The molecule has 0 saturated carbocycles. The normalized spacial score (nSPS) is 11.5. The van der Waals surface area contributed by atoms with Crippen LogP contribution in [0.2, 0.25) is 0 Å². The molecular formula is C22H27N15O4. The van der Waals surface area contributed by atoms with Crippen LogP contribution in [-0.4, -0.2) is 81.1 Å². The fourth-order valence-corrected chi connectivity index (χ4v) is 4.40. The van der Waals surface area contributed by atoms with Gasteiger partial charge in [0.25, 0.3) is 11.1 Å². The van der Waals surface area contributed by atoms with Crippen LogP contribution in [0.25, 0.3) is 22.1 Å². The molecule has 5 aromatic heterocycles. The van der Waals surface area contributed by atoms with Crippen LogP contribution in [0.3, 0.4) is 0 Å². The molecule has 0 aliphatic rings. The molecule has 5 rings (SSSR count). The Balaban J connectivity index is 1.50. The number of nitrogen functional groups attached to an aromatic ring is 2.